The van der Waals surface area contributed by atoms with Crippen LogP contribution in [0.25, 0.3) is 0 Å². The third-order valence-electron chi connectivity index (χ3n) is 3.73. The second kappa shape index (κ2) is 7.39. The zero-order valence-electron chi connectivity index (χ0n) is 14.6. The fourth-order valence-corrected chi connectivity index (χ4v) is 2.42. The summed E-state index contributed by atoms with van der Waals surface area (Å²) in [6.45, 7) is 8.27. The smallest absolute Gasteiger partial charge is 0.263 e. The first-order valence-electron chi connectivity index (χ1n) is 7.78. The number of nitrogens with zero attached hydrogens (tertiary/aromatic N) is 3. The molecule has 0 atom stereocenters. The number of anilines is 1. The normalized spacial score (nSPS) is 11.1. The average molecular weight is 333 g/mol. The third kappa shape index (κ3) is 3.70. The number of nitrogens with one attached hydrogen (secondary N) is 2. The minimum absolute atomic E-state index is 0.0904. The van der Waals surface area contributed by atoms with Crippen molar-refractivity contribution in [3.63, 3.8) is 0 Å². The summed E-state index contributed by atoms with van der Waals surface area (Å²) in [5.41, 5.74) is 1.14. The van der Waals surface area contributed by atoms with Gasteiger partial charge in [0, 0.05) is 25.3 Å². The van der Waals surface area contributed by atoms with Crippen molar-refractivity contribution in [1.82, 2.24) is 19.7 Å². The van der Waals surface area contributed by atoms with Crippen molar-refractivity contribution in [3.05, 3.63) is 39.1 Å². The number of rotatable bonds is 6. The minimum atomic E-state index is -0.516. The second-order valence-electron chi connectivity index (χ2n) is 5.95. The number of aromatic amines is 1. The van der Waals surface area contributed by atoms with Crippen molar-refractivity contribution in [3.8, 4) is 0 Å². The molecule has 0 bridgehead atoms. The minimum Gasteiger partial charge on any atom is -0.383 e. The van der Waals surface area contributed by atoms with Gasteiger partial charge in [0.05, 0.1) is 6.61 Å². The summed E-state index contributed by atoms with van der Waals surface area (Å²) in [7, 11) is 1.57. The van der Waals surface area contributed by atoms with Crippen LogP contribution >= 0.6 is 0 Å². The molecular formula is C16H23N5O3. The van der Waals surface area contributed by atoms with Gasteiger partial charge in [-0.1, -0.05) is 13.8 Å². The Morgan fingerprint density at radius 3 is 2.71 bits per heavy atom. The Labute approximate surface area is 140 Å². The number of amides is 1. The molecule has 0 aliphatic heterocycles. The van der Waals surface area contributed by atoms with E-state index in [1.165, 1.54) is 4.57 Å². The Bertz CT molecular complexity index is 791. The standard InChI is InChI=1S/C16H23N5O3/c1-9(2)13-17-16(20-19-13)18-14(22)12-10(3)8-11(4)21(15(12)23)6-7-24-5/h8-9H,6-7H2,1-5H3,(H2,17,18,19,20,22). The quantitative estimate of drug-likeness (QED) is 0.836. The molecule has 0 unspecified atom stereocenters. The van der Waals surface area contributed by atoms with Crippen LogP contribution in [0.2, 0.25) is 0 Å². The lowest BCUT2D eigenvalue weighted by atomic mass is 10.1. The molecule has 2 N–H and O–H groups in total. The number of aromatic nitrogens is 4. The number of carbonyl (C=O) groups is 1. The van der Waals surface area contributed by atoms with E-state index in [4.69, 9.17) is 4.74 Å². The van der Waals surface area contributed by atoms with Gasteiger partial charge < -0.3 is 9.30 Å². The van der Waals surface area contributed by atoms with Gasteiger partial charge in [-0.2, -0.15) is 4.98 Å². The molecule has 8 nitrogen and oxygen atoms in total. The largest absolute Gasteiger partial charge is 0.383 e. The molecule has 8 heteroatoms. The van der Waals surface area contributed by atoms with Crippen LogP contribution in [0.5, 0.6) is 0 Å². The predicted molar refractivity (Wildman–Crippen MR) is 90.5 cm³/mol. The zero-order valence-corrected chi connectivity index (χ0v) is 14.6. The first kappa shape index (κ1) is 17.9. The maximum absolute atomic E-state index is 12.7. The van der Waals surface area contributed by atoms with Crippen molar-refractivity contribution in [1.29, 1.82) is 0 Å². The molecule has 0 spiro atoms. The SMILES string of the molecule is COCCn1c(C)cc(C)c(C(=O)Nc2n[nH]c(C(C)C)n2)c1=O. The van der Waals surface area contributed by atoms with Gasteiger partial charge in [0.2, 0.25) is 5.95 Å². The molecule has 0 saturated carbocycles. The zero-order chi connectivity index (χ0) is 17.9. The van der Waals surface area contributed by atoms with Gasteiger partial charge in [-0.05, 0) is 25.5 Å². The van der Waals surface area contributed by atoms with Crippen LogP contribution in [0.15, 0.2) is 10.9 Å². The van der Waals surface area contributed by atoms with Crippen LogP contribution in [-0.4, -0.2) is 39.4 Å². The van der Waals surface area contributed by atoms with Gasteiger partial charge in [0.25, 0.3) is 11.5 Å². The summed E-state index contributed by atoms with van der Waals surface area (Å²) in [5.74, 6) is 0.475. The van der Waals surface area contributed by atoms with Crippen molar-refractivity contribution < 1.29 is 9.53 Å². The maximum Gasteiger partial charge on any atom is 0.263 e. The van der Waals surface area contributed by atoms with Crippen LogP contribution in [0, 0.1) is 13.8 Å². The lowest BCUT2D eigenvalue weighted by Crippen LogP contribution is -2.33. The molecule has 2 aromatic heterocycles. The molecule has 0 aromatic carbocycles. The highest BCUT2D eigenvalue weighted by Crippen LogP contribution is 2.12. The summed E-state index contributed by atoms with van der Waals surface area (Å²) >= 11 is 0. The Morgan fingerprint density at radius 1 is 1.42 bits per heavy atom. The van der Waals surface area contributed by atoms with Crippen molar-refractivity contribution in [2.75, 3.05) is 19.0 Å². The van der Waals surface area contributed by atoms with Crippen LogP contribution < -0.4 is 10.9 Å². The van der Waals surface area contributed by atoms with Gasteiger partial charge in [-0.25, -0.2) is 0 Å². The predicted octanol–water partition coefficient (Wildman–Crippen LogP) is 1.61. The topological polar surface area (TPSA) is 102 Å². The van der Waals surface area contributed by atoms with E-state index >= 15 is 0 Å². The molecule has 2 aromatic rings. The first-order valence-corrected chi connectivity index (χ1v) is 7.78. The van der Waals surface area contributed by atoms with Gasteiger partial charge in [-0.3, -0.25) is 20.0 Å². The molecule has 0 aliphatic rings. The highest BCUT2D eigenvalue weighted by molar-refractivity contribution is 6.04. The summed E-state index contributed by atoms with van der Waals surface area (Å²) in [6, 6.07) is 1.81. The first-order chi connectivity index (χ1) is 11.3. The van der Waals surface area contributed by atoms with E-state index in [0.717, 1.165) is 5.69 Å². The number of H-pyrrole nitrogens is 1. The lowest BCUT2D eigenvalue weighted by Gasteiger charge is -2.13. The number of hydrogen-bond donors (Lipinski definition) is 2. The van der Waals surface area contributed by atoms with Gasteiger partial charge >= 0.3 is 0 Å². The highest BCUT2D eigenvalue weighted by Gasteiger charge is 2.19. The fourth-order valence-electron chi connectivity index (χ4n) is 2.42. The highest BCUT2D eigenvalue weighted by atomic mass is 16.5. The number of methoxy groups -OCH3 is 1. The van der Waals surface area contributed by atoms with Crippen molar-refractivity contribution in [2.24, 2.45) is 0 Å². The maximum atomic E-state index is 12.7. The van der Waals surface area contributed by atoms with E-state index in [-0.39, 0.29) is 23.0 Å². The van der Waals surface area contributed by atoms with E-state index in [1.54, 1.807) is 14.0 Å². The molecule has 130 valence electrons. The van der Waals surface area contributed by atoms with E-state index in [2.05, 4.69) is 20.5 Å². The lowest BCUT2D eigenvalue weighted by molar-refractivity contribution is 0.102. The van der Waals surface area contributed by atoms with Crippen molar-refractivity contribution in [2.45, 2.75) is 40.2 Å². The monoisotopic (exact) mass is 333 g/mol. The van der Waals surface area contributed by atoms with Crippen LogP contribution in [0.4, 0.5) is 5.95 Å². The van der Waals surface area contributed by atoms with Gasteiger partial charge in [0.15, 0.2) is 0 Å². The van der Waals surface area contributed by atoms with Gasteiger partial charge in [-0.15, -0.1) is 5.10 Å². The number of aryl methyl sites for hydroxylation is 2. The number of pyridine rings is 1. The Kier molecular flexibility index (Phi) is 5.50. The van der Waals surface area contributed by atoms with Crippen molar-refractivity contribution >= 4 is 11.9 Å². The molecule has 1 amide bonds. The van der Waals surface area contributed by atoms with E-state index in [9.17, 15) is 9.59 Å². The van der Waals surface area contributed by atoms with Crippen LogP contribution in [0.3, 0.4) is 0 Å². The molecule has 2 rings (SSSR count). The summed E-state index contributed by atoms with van der Waals surface area (Å²) in [4.78, 5) is 29.4. The molecule has 2 heterocycles. The Balaban J connectivity index is 2.32. The molecule has 0 aliphatic carbocycles. The third-order valence-corrected chi connectivity index (χ3v) is 3.73. The molecular weight excluding hydrogens is 310 g/mol. The molecule has 0 fully saturated rings. The average Bonchev–Trinajstić information content (AvgIpc) is 2.95. The van der Waals surface area contributed by atoms with E-state index < -0.39 is 5.91 Å². The van der Waals surface area contributed by atoms with E-state index in [0.29, 0.717) is 24.5 Å². The number of ether oxygens (including phenoxy) is 1. The fraction of sp³-hybridized carbons (Fsp3) is 0.500. The summed E-state index contributed by atoms with van der Waals surface area (Å²) in [5, 5.41) is 9.30. The summed E-state index contributed by atoms with van der Waals surface area (Å²) in [6.07, 6.45) is 0. The number of hydrogen-bond acceptors (Lipinski definition) is 5. The molecule has 24 heavy (non-hydrogen) atoms. The Hall–Kier alpha value is -2.48. The van der Waals surface area contributed by atoms with Crippen LogP contribution in [0.1, 0.15) is 47.2 Å². The molecule has 0 saturated heterocycles. The second-order valence-corrected chi connectivity index (χ2v) is 5.95. The number of carbonyl (C=O) groups excluding carboxylic acids is 1. The summed E-state index contributed by atoms with van der Waals surface area (Å²) < 4.78 is 6.55. The van der Waals surface area contributed by atoms with Crippen LogP contribution in [-0.2, 0) is 11.3 Å². The van der Waals surface area contributed by atoms with Gasteiger partial charge in [0.1, 0.15) is 11.4 Å². The Morgan fingerprint density at radius 2 is 2.12 bits per heavy atom. The molecule has 0 radical (unpaired) electrons. The van der Waals surface area contributed by atoms with E-state index in [1.807, 2.05) is 26.8 Å².